The Morgan fingerprint density at radius 1 is 0.292 bits per heavy atom. The molecule has 0 aliphatic rings. The highest BCUT2D eigenvalue weighted by atomic mass is 16.6. The third kappa shape index (κ3) is 58.3. The maximum Gasteiger partial charge on any atom is 0.306 e. The number of esters is 3. The van der Waals surface area contributed by atoms with E-state index in [1.807, 2.05) is 0 Å². The predicted molar refractivity (Wildman–Crippen MR) is 312 cm³/mol. The highest BCUT2D eigenvalue weighted by Gasteiger charge is 2.19. The van der Waals surface area contributed by atoms with Gasteiger partial charge in [0.05, 0.1) is 0 Å². The zero-order chi connectivity index (χ0) is 52.2. The molecule has 0 N–H and O–H groups in total. The first-order chi connectivity index (χ1) is 35.5. The van der Waals surface area contributed by atoms with E-state index in [0.717, 1.165) is 96.3 Å². The third-order valence-electron chi connectivity index (χ3n) is 14.1. The molecule has 0 spiro atoms. The summed E-state index contributed by atoms with van der Waals surface area (Å²) < 4.78 is 16.9. The average Bonchev–Trinajstić information content (AvgIpc) is 3.38. The second-order valence-corrected chi connectivity index (χ2v) is 21.3. The van der Waals surface area contributed by atoms with Gasteiger partial charge in [0, 0.05) is 19.3 Å². The Hall–Kier alpha value is -2.63. The van der Waals surface area contributed by atoms with Gasteiger partial charge in [-0.05, 0) is 57.8 Å². The van der Waals surface area contributed by atoms with Crippen molar-refractivity contribution in [2.24, 2.45) is 0 Å². The Labute approximate surface area is 448 Å². The van der Waals surface area contributed by atoms with Gasteiger partial charge in [0.2, 0.25) is 0 Å². The van der Waals surface area contributed by atoms with Crippen LogP contribution < -0.4 is 0 Å². The Balaban J connectivity index is 4.16. The van der Waals surface area contributed by atoms with E-state index < -0.39 is 6.10 Å². The Morgan fingerprint density at radius 3 is 0.847 bits per heavy atom. The lowest BCUT2D eigenvalue weighted by Gasteiger charge is -2.18. The summed E-state index contributed by atoms with van der Waals surface area (Å²) in [5.74, 6) is -0.873. The molecule has 0 rings (SSSR count). The van der Waals surface area contributed by atoms with E-state index in [2.05, 4.69) is 69.4 Å². The number of hydrogen-bond donors (Lipinski definition) is 0. The summed E-state index contributed by atoms with van der Waals surface area (Å²) in [6, 6.07) is 0. The molecule has 0 bridgehead atoms. The molecule has 0 aromatic rings. The normalized spacial score (nSPS) is 12.3. The maximum atomic E-state index is 12.9. The van der Waals surface area contributed by atoms with Crippen molar-refractivity contribution in [2.45, 2.75) is 341 Å². The van der Waals surface area contributed by atoms with Gasteiger partial charge in [-0.15, -0.1) is 0 Å². The van der Waals surface area contributed by atoms with Crippen molar-refractivity contribution in [2.75, 3.05) is 13.2 Å². The van der Waals surface area contributed by atoms with Gasteiger partial charge in [0.25, 0.3) is 0 Å². The Bertz CT molecular complexity index is 1250. The van der Waals surface area contributed by atoms with Gasteiger partial charge in [0.1, 0.15) is 13.2 Å². The number of unbranched alkanes of at least 4 members (excludes halogenated alkanes) is 39. The first-order valence-electron chi connectivity index (χ1n) is 31.6. The van der Waals surface area contributed by atoms with Gasteiger partial charge in [0.15, 0.2) is 6.10 Å². The van der Waals surface area contributed by atoms with Crippen LogP contribution >= 0.6 is 0 Å². The van der Waals surface area contributed by atoms with Gasteiger partial charge in [-0.3, -0.25) is 14.4 Å². The van der Waals surface area contributed by atoms with Crippen molar-refractivity contribution >= 4 is 17.9 Å². The van der Waals surface area contributed by atoms with E-state index >= 15 is 0 Å². The largest absolute Gasteiger partial charge is 0.462 e. The van der Waals surface area contributed by atoms with E-state index in [0.29, 0.717) is 19.3 Å². The fraction of sp³-hybridized carbons (Fsp3) is 0.833. The smallest absolute Gasteiger partial charge is 0.306 e. The van der Waals surface area contributed by atoms with Gasteiger partial charge >= 0.3 is 17.9 Å². The molecule has 0 amide bonds. The molecule has 1 unspecified atom stereocenters. The fourth-order valence-electron chi connectivity index (χ4n) is 9.38. The summed E-state index contributed by atoms with van der Waals surface area (Å²) in [4.78, 5) is 38.1. The number of carbonyl (C=O) groups excluding carboxylic acids is 3. The van der Waals surface area contributed by atoms with Crippen molar-refractivity contribution < 1.29 is 28.6 Å². The lowest BCUT2D eigenvalue weighted by atomic mass is 10.0. The first kappa shape index (κ1) is 69.4. The molecular formula is C66H120O6. The van der Waals surface area contributed by atoms with Crippen LogP contribution in [0.25, 0.3) is 0 Å². The van der Waals surface area contributed by atoms with Crippen LogP contribution in [0.3, 0.4) is 0 Å². The molecule has 0 fully saturated rings. The SMILES string of the molecule is CC/C=C\C/C=C\C/C=C\C/C=C\CCCCCCCCC(=O)OC(COC(=O)CCCCCCCCCCC)COC(=O)CCCCCCCCCCCCCCCCCCCCCCCCCCCC. The average molecular weight is 1010 g/mol. The number of hydrogen-bond acceptors (Lipinski definition) is 6. The molecule has 1 atom stereocenters. The molecule has 0 aliphatic heterocycles. The standard InChI is InChI=1S/C66H120O6/c1-4-7-10-13-16-19-21-23-25-27-29-30-31-32-33-34-35-37-38-40-42-44-47-50-53-56-59-65(68)71-62-63(61-70-64(67)58-55-52-49-46-18-15-12-9-6-3)72-66(69)60-57-54-51-48-45-43-41-39-36-28-26-24-22-20-17-14-11-8-5-2/h8,11,17,20,24,26,36,39,63H,4-7,9-10,12-16,18-19,21-23,25,27-35,37-38,40-62H2,1-3H3/b11-8-,20-17-,26-24-,39-36-. The summed E-state index contributed by atoms with van der Waals surface area (Å²) in [6.07, 6.45) is 75.7. The topological polar surface area (TPSA) is 78.9 Å². The molecule has 6 nitrogen and oxygen atoms in total. The van der Waals surface area contributed by atoms with Gasteiger partial charge in [-0.1, -0.05) is 307 Å². The quantitative estimate of drug-likeness (QED) is 0.0261. The number of rotatable bonds is 58. The number of ether oxygens (including phenoxy) is 3. The fourth-order valence-corrected chi connectivity index (χ4v) is 9.38. The summed E-state index contributed by atoms with van der Waals surface area (Å²) >= 11 is 0. The van der Waals surface area contributed by atoms with Crippen LogP contribution in [0, 0.1) is 0 Å². The molecule has 0 radical (unpaired) electrons. The number of allylic oxidation sites excluding steroid dienone is 8. The molecule has 0 aliphatic carbocycles. The summed E-state index contributed by atoms with van der Waals surface area (Å²) in [5, 5.41) is 0. The van der Waals surface area contributed by atoms with Crippen LogP contribution in [-0.2, 0) is 28.6 Å². The lowest BCUT2D eigenvalue weighted by molar-refractivity contribution is -0.167. The minimum atomic E-state index is -0.777. The molecule has 0 saturated carbocycles. The molecule has 0 heterocycles. The lowest BCUT2D eigenvalue weighted by Crippen LogP contribution is -2.30. The summed E-state index contributed by atoms with van der Waals surface area (Å²) in [5.41, 5.74) is 0. The van der Waals surface area contributed by atoms with Gasteiger partial charge in [-0.2, -0.15) is 0 Å². The van der Waals surface area contributed by atoms with Crippen LogP contribution in [-0.4, -0.2) is 37.2 Å². The molecule has 6 heteroatoms. The zero-order valence-electron chi connectivity index (χ0n) is 48.2. The Morgan fingerprint density at radius 2 is 0.542 bits per heavy atom. The predicted octanol–water partition coefficient (Wildman–Crippen LogP) is 21.4. The monoisotopic (exact) mass is 1010 g/mol. The van der Waals surface area contributed by atoms with Crippen LogP contribution in [0.4, 0.5) is 0 Å². The number of carbonyl (C=O) groups is 3. The van der Waals surface area contributed by atoms with Crippen LogP contribution in [0.1, 0.15) is 335 Å². The minimum absolute atomic E-state index is 0.0748. The summed E-state index contributed by atoms with van der Waals surface area (Å²) in [6.45, 7) is 6.54. The van der Waals surface area contributed by atoms with Crippen LogP contribution in [0.5, 0.6) is 0 Å². The summed E-state index contributed by atoms with van der Waals surface area (Å²) in [7, 11) is 0. The van der Waals surface area contributed by atoms with Crippen molar-refractivity contribution in [3.63, 3.8) is 0 Å². The minimum Gasteiger partial charge on any atom is -0.462 e. The first-order valence-corrected chi connectivity index (χ1v) is 31.6. The highest BCUT2D eigenvalue weighted by Crippen LogP contribution is 2.18. The molecule has 72 heavy (non-hydrogen) atoms. The van der Waals surface area contributed by atoms with Crippen LogP contribution in [0.15, 0.2) is 48.6 Å². The van der Waals surface area contributed by atoms with E-state index in [-0.39, 0.29) is 31.1 Å². The second-order valence-electron chi connectivity index (χ2n) is 21.3. The van der Waals surface area contributed by atoms with E-state index in [9.17, 15) is 14.4 Å². The zero-order valence-corrected chi connectivity index (χ0v) is 48.2. The van der Waals surface area contributed by atoms with Gasteiger partial charge < -0.3 is 14.2 Å². The molecule has 0 saturated heterocycles. The molecule has 0 aromatic heterocycles. The molecule has 420 valence electrons. The van der Waals surface area contributed by atoms with E-state index in [1.165, 1.54) is 199 Å². The van der Waals surface area contributed by atoms with Crippen molar-refractivity contribution in [1.82, 2.24) is 0 Å². The third-order valence-corrected chi connectivity index (χ3v) is 14.1. The molecular weight excluding hydrogens is 889 g/mol. The maximum absolute atomic E-state index is 12.9. The molecule has 0 aromatic carbocycles. The van der Waals surface area contributed by atoms with Gasteiger partial charge in [-0.25, -0.2) is 0 Å². The van der Waals surface area contributed by atoms with Crippen LogP contribution in [0.2, 0.25) is 0 Å². The second kappa shape index (κ2) is 60.9. The Kier molecular flexibility index (Phi) is 58.7. The highest BCUT2D eigenvalue weighted by molar-refractivity contribution is 5.71. The van der Waals surface area contributed by atoms with E-state index in [1.54, 1.807) is 0 Å². The van der Waals surface area contributed by atoms with Crippen molar-refractivity contribution in [3.05, 3.63) is 48.6 Å². The van der Waals surface area contributed by atoms with Crippen molar-refractivity contribution in [3.8, 4) is 0 Å². The van der Waals surface area contributed by atoms with E-state index in [4.69, 9.17) is 14.2 Å². The van der Waals surface area contributed by atoms with Crippen molar-refractivity contribution in [1.29, 1.82) is 0 Å².